The number of rotatable bonds is 2. The van der Waals surface area contributed by atoms with Crippen LogP contribution in [0.1, 0.15) is 44.8 Å². The van der Waals surface area contributed by atoms with Crippen molar-refractivity contribution in [2.75, 3.05) is 0 Å². The van der Waals surface area contributed by atoms with E-state index in [-0.39, 0.29) is 6.10 Å². The maximum Gasteiger partial charge on any atom is 0.0833 e. The van der Waals surface area contributed by atoms with Crippen molar-refractivity contribution < 1.29 is 5.11 Å². The zero-order valence-electron chi connectivity index (χ0n) is 10.1. The molecule has 0 spiro atoms. The van der Waals surface area contributed by atoms with Crippen LogP contribution in [0.2, 0.25) is 0 Å². The van der Waals surface area contributed by atoms with Crippen molar-refractivity contribution in [2.24, 2.45) is 17.8 Å². The molecule has 0 radical (unpaired) electrons. The Hall–Kier alpha value is -0.890. The number of aliphatic hydroxyl groups is 1. The van der Waals surface area contributed by atoms with Crippen molar-refractivity contribution >= 4 is 0 Å². The summed E-state index contributed by atoms with van der Waals surface area (Å²) in [5.74, 6) is 1.94. The lowest BCUT2D eigenvalue weighted by Gasteiger charge is -2.34. The molecule has 4 unspecified atom stereocenters. The Balaban J connectivity index is 2.03. The minimum absolute atomic E-state index is 0.330. The zero-order chi connectivity index (χ0) is 11.5. The van der Waals surface area contributed by atoms with Crippen LogP contribution < -0.4 is 0 Å². The molecule has 2 rings (SSSR count). The van der Waals surface area contributed by atoms with Crippen molar-refractivity contribution in [1.29, 1.82) is 0 Å². The van der Waals surface area contributed by atoms with Crippen LogP contribution in [-0.2, 0) is 0 Å². The predicted octanol–water partition coefficient (Wildman–Crippen LogP) is 3.19. The second-order valence-electron chi connectivity index (χ2n) is 5.26. The topological polar surface area (TPSA) is 33.1 Å². The molecule has 1 fully saturated rings. The van der Waals surface area contributed by atoms with Gasteiger partial charge in [-0.3, -0.25) is 4.98 Å². The molecule has 0 aromatic carbocycles. The summed E-state index contributed by atoms with van der Waals surface area (Å²) in [4.78, 5) is 4.07. The first-order chi connectivity index (χ1) is 7.68. The highest BCUT2D eigenvalue weighted by Crippen LogP contribution is 2.39. The lowest BCUT2D eigenvalue weighted by Crippen LogP contribution is -2.25. The standard InChI is InChI=1S/C14H21NO/c1-10-5-6-12(8-11(10)2)14(16)13-4-3-7-15-9-13/h3-4,7,9-12,14,16H,5-6,8H2,1-2H3. The Morgan fingerprint density at radius 1 is 1.31 bits per heavy atom. The van der Waals surface area contributed by atoms with Gasteiger partial charge in [-0.15, -0.1) is 0 Å². The molecule has 0 bridgehead atoms. The largest absolute Gasteiger partial charge is 0.388 e. The van der Waals surface area contributed by atoms with Crippen LogP contribution in [0.25, 0.3) is 0 Å². The smallest absolute Gasteiger partial charge is 0.0833 e. The van der Waals surface area contributed by atoms with E-state index in [2.05, 4.69) is 18.8 Å². The van der Waals surface area contributed by atoms with Crippen LogP contribution in [0.5, 0.6) is 0 Å². The zero-order valence-corrected chi connectivity index (χ0v) is 10.1. The second-order valence-corrected chi connectivity index (χ2v) is 5.26. The van der Waals surface area contributed by atoms with Gasteiger partial charge in [0, 0.05) is 12.4 Å². The van der Waals surface area contributed by atoms with Crippen LogP contribution in [0.4, 0.5) is 0 Å². The molecule has 1 aromatic heterocycles. The van der Waals surface area contributed by atoms with Crippen LogP contribution >= 0.6 is 0 Å². The third kappa shape index (κ3) is 2.43. The van der Waals surface area contributed by atoms with Gasteiger partial charge in [0.25, 0.3) is 0 Å². The molecule has 1 aromatic rings. The summed E-state index contributed by atoms with van der Waals surface area (Å²) in [5.41, 5.74) is 0.967. The van der Waals surface area contributed by atoms with Gasteiger partial charge in [-0.05, 0) is 42.2 Å². The van der Waals surface area contributed by atoms with Crippen molar-refractivity contribution in [3.05, 3.63) is 30.1 Å². The van der Waals surface area contributed by atoms with E-state index in [0.29, 0.717) is 5.92 Å². The highest BCUT2D eigenvalue weighted by Gasteiger charge is 2.29. The Morgan fingerprint density at radius 2 is 2.12 bits per heavy atom. The average Bonchev–Trinajstić information content (AvgIpc) is 2.33. The van der Waals surface area contributed by atoms with Gasteiger partial charge in [0.15, 0.2) is 0 Å². The van der Waals surface area contributed by atoms with E-state index in [0.717, 1.165) is 30.2 Å². The Labute approximate surface area is 97.7 Å². The van der Waals surface area contributed by atoms with E-state index in [1.54, 1.807) is 12.4 Å². The van der Waals surface area contributed by atoms with Crippen molar-refractivity contribution in [3.63, 3.8) is 0 Å². The third-order valence-electron chi connectivity index (χ3n) is 4.11. The summed E-state index contributed by atoms with van der Waals surface area (Å²) in [7, 11) is 0. The maximum absolute atomic E-state index is 10.3. The molecule has 0 amide bonds. The Morgan fingerprint density at radius 3 is 2.75 bits per heavy atom. The van der Waals surface area contributed by atoms with E-state index in [1.807, 2.05) is 12.1 Å². The Bertz CT molecular complexity index is 325. The number of aliphatic hydroxyl groups excluding tert-OH is 1. The predicted molar refractivity (Wildman–Crippen MR) is 64.9 cm³/mol. The average molecular weight is 219 g/mol. The van der Waals surface area contributed by atoms with Gasteiger partial charge in [0.2, 0.25) is 0 Å². The fourth-order valence-corrected chi connectivity index (χ4v) is 2.70. The minimum atomic E-state index is -0.330. The number of pyridine rings is 1. The molecule has 1 aliphatic rings. The SMILES string of the molecule is CC1CCC(C(O)c2cccnc2)CC1C. The maximum atomic E-state index is 10.3. The molecule has 1 heterocycles. The molecule has 0 aliphatic heterocycles. The van der Waals surface area contributed by atoms with E-state index < -0.39 is 0 Å². The summed E-state index contributed by atoms with van der Waals surface area (Å²) in [6, 6.07) is 3.87. The van der Waals surface area contributed by atoms with E-state index in [4.69, 9.17) is 0 Å². The van der Waals surface area contributed by atoms with Crippen molar-refractivity contribution in [1.82, 2.24) is 4.98 Å². The molecule has 2 nitrogen and oxygen atoms in total. The fourth-order valence-electron chi connectivity index (χ4n) is 2.70. The number of nitrogens with zero attached hydrogens (tertiary/aromatic N) is 1. The first-order valence-corrected chi connectivity index (χ1v) is 6.26. The van der Waals surface area contributed by atoms with Crippen LogP contribution in [0.15, 0.2) is 24.5 Å². The molecular weight excluding hydrogens is 198 g/mol. The summed E-state index contributed by atoms with van der Waals surface area (Å²) in [6.45, 7) is 4.62. The van der Waals surface area contributed by atoms with Gasteiger partial charge >= 0.3 is 0 Å². The van der Waals surface area contributed by atoms with Crippen molar-refractivity contribution in [2.45, 2.75) is 39.2 Å². The van der Waals surface area contributed by atoms with Gasteiger partial charge in [0.05, 0.1) is 6.10 Å². The second kappa shape index (κ2) is 4.96. The summed E-state index contributed by atoms with van der Waals surface area (Å²) < 4.78 is 0. The molecule has 1 aliphatic carbocycles. The molecule has 0 saturated heterocycles. The van der Waals surface area contributed by atoms with Crippen LogP contribution in [0, 0.1) is 17.8 Å². The minimum Gasteiger partial charge on any atom is -0.388 e. The normalized spacial score (nSPS) is 32.3. The molecule has 16 heavy (non-hydrogen) atoms. The van der Waals surface area contributed by atoms with E-state index in [1.165, 1.54) is 6.42 Å². The lowest BCUT2D eigenvalue weighted by atomic mass is 9.73. The van der Waals surface area contributed by atoms with Crippen LogP contribution in [0.3, 0.4) is 0 Å². The van der Waals surface area contributed by atoms with Crippen molar-refractivity contribution in [3.8, 4) is 0 Å². The van der Waals surface area contributed by atoms with E-state index in [9.17, 15) is 5.11 Å². The van der Waals surface area contributed by atoms with Gasteiger partial charge in [0.1, 0.15) is 0 Å². The molecular formula is C14H21NO. The molecule has 1 saturated carbocycles. The Kier molecular flexibility index (Phi) is 3.59. The van der Waals surface area contributed by atoms with Gasteiger partial charge in [-0.1, -0.05) is 26.3 Å². The van der Waals surface area contributed by atoms with E-state index >= 15 is 0 Å². The number of hydrogen-bond donors (Lipinski definition) is 1. The number of hydrogen-bond acceptors (Lipinski definition) is 2. The first-order valence-electron chi connectivity index (χ1n) is 6.26. The summed E-state index contributed by atoms with van der Waals surface area (Å²) in [5, 5.41) is 10.3. The molecule has 4 atom stereocenters. The molecule has 1 N–H and O–H groups in total. The van der Waals surface area contributed by atoms with Gasteiger partial charge in [-0.2, -0.15) is 0 Å². The monoisotopic (exact) mass is 219 g/mol. The lowest BCUT2D eigenvalue weighted by molar-refractivity contribution is 0.0559. The number of aromatic nitrogens is 1. The van der Waals surface area contributed by atoms with Gasteiger partial charge in [-0.25, -0.2) is 0 Å². The fraction of sp³-hybridized carbons (Fsp3) is 0.643. The quantitative estimate of drug-likeness (QED) is 0.828. The molecule has 88 valence electrons. The van der Waals surface area contributed by atoms with Gasteiger partial charge < -0.3 is 5.11 Å². The summed E-state index contributed by atoms with van der Waals surface area (Å²) >= 11 is 0. The molecule has 2 heteroatoms. The summed E-state index contributed by atoms with van der Waals surface area (Å²) in [6.07, 6.45) is 6.72. The highest BCUT2D eigenvalue weighted by molar-refractivity contribution is 5.13. The third-order valence-corrected chi connectivity index (χ3v) is 4.11. The van der Waals surface area contributed by atoms with Crippen LogP contribution in [-0.4, -0.2) is 10.1 Å². The first kappa shape index (κ1) is 11.6. The highest BCUT2D eigenvalue weighted by atomic mass is 16.3.